The number of amides is 1. The van der Waals surface area contributed by atoms with Crippen LogP contribution in [0.4, 0.5) is 4.39 Å². The molecule has 0 aliphatic carbocycles. The van der Waals surface area contributed by atoms with E-state index >= 15 is 0 Å². The molecule has 31 heavy (non-hydrogen) atoms. The van der Waals surface area contributed by atoms with Crippen LogP contribution in [0.25, 0.3) is 0 Å². The molecule has 1 heterocycles. The van der Waals surface area contributed by atoms with Gasteiger partial charge in [0, 0.05) is 43.7 Å². The van der Waals surface area contributed by atoms with Crippen LogP contribution in [-0.4, -0.2) is 59.1 Å². The Balaban J connectivity index is 1.53. The van der Waals surface area contributed by atoms with Crippen LogP contribution in [0.15, 0.2) is 42.5 Å². The third-order valence-corrected chi connectivity index (χ3v) is 5.57. The summed E-state index contributed by atoms with van der Waals surface area (Å²) in [6.07, 6.45) is 0.232. The first-order valence-electron chi connectivity index (χ1n) is 10.2. The van der Waals surface area contributed by atoms with Crippen molar-refractivity contribution in [3.63, 3.8) is 0 Å². The average Bonchev–Trinajstić information content (AvgIpc) is 2.73. The predicted octanol–water partition coefficient (Wildman–Crippen LogP) is 3.61. The van der Waals surface area contributed by atoms with Crippen molar-refractivity contribution < 1.29 is 23.8 Å². The lowest BCUT2D eigenvalue weighted by Gasteiger charge is -2.39. The number of piperazine rings is 1. The molecule has 1 saturated heterocycles. The first kappa shape index (κ1) is 23.0. The molecule has 2 aromatic rings. The number of ether oxygens (including phenoxy) is 1. The Labute approximate surface area is 186 Å². The summed E-state index contributed by atoms with van der Waals surface area (Å²) in [5, 5.41) is 9.41. The van der Waals surface area contributed by atoms with Crippen molar-refractivity contribution in [3.05, 3.63) is 64.4 Å². The van der Waals surface area contributed by atoms with Crippen molar-refractivity contribution in [2.24, 2.45) is 0 Å². The average molecular weight is 449 g/mol. The maximum absolute atomic E-state index is 13.1. The third kappa shape index (κ3) is 6.67. The van der Waals surface area contributed by atoms with Gasteiger partial charge in [0.2, 0.25) is 0 Å². The molecule has 0 saturated carbocycles. The minimum Gasteiger partial charge on any atom is -0.483 e. The lowest BCUT2D eigenvalue weighted by Crippen LogP contribution is -2.54. The van der Waals surface area contributed by atoms with Gasteiger partial charge in [-0.2, -0.15) is 0 Å². The topological polar surface area (TPSA) is 70.1 Å². The fraction of sp³-hybridized carbons (Fsp3) is 0.391. The van der Waals surface area contributed by atoms with Crippen LogP contribution >= 0.6 is 11.6 Å². The molecule has 1 aliphatic heterocycles. The first-order chi connectivity index (χ1) is 14.8. The zero-order chi connectivity index (χ0) is 22.4. The molecule has 0 spiro atoms. The van der Waals surface area contributed by atoms with Crippen molar-refractivity contribution in [2.75, 3.05) is 26.2 Å². The van der Waals surface area contributed by atoms with Crippen molar-refractivity contribution in [1.82, 2.24) is 9.80 Å². The number of hydrogen-bond acceptors (Lipinski definition) is 4. The van der Waals surface area contributed by atoms with Crippen LogP contribution in [0.5, 0.6) is 5.75 Å². The molecule has 6 nitrogen and oxygen atoms in total. The van der Waals surface area contributed by atoms with Crippen LogP contribution in [-0.2, 0) is 22.6 Å². The predicted molar refractivity (Wildman–Crippen MR) is 116 cm³/mol. The van der Waals surface area contributed by atoms with Crippen LogP contribution in [0.2, 0.25) is 5.02 Å². The highest BCUT2D eigenvalue weighted by Crippen LogP contribution is 2.24. The highest BCUT2D eigenvalue weighted by molar-refractivity contribution is 6.30. The highest BCUT2D eigenvalue weighted by Gasteiger charge is 2.27. The number of halogens is 2. The van der Waals surface area contributed by atoms with Gasteiger partial charge in [-0.05, 0) is 54.8 Å². The minimum atomic E-state index is -0.908. The van der Waals surface area contributed by atoms with Crippen LogP contribution in [0.3, 0.4) is 0 Å². The van der Waals surface area contributed by atoms with Gasteiger partial charge in [-0.1, -0.05) is 23.7 Å². The molecular weight excluding hydrogens is 423 g/mol. The van der Waals surface area contributed by atoms with Crippen LogP contribution in [0, 0.1) is 5.82 Å². The van der Waals surface area contributed by atoms with Gasteiger partial charge in [-0.3, -0.25) is 14.5 Å². The fourth-order valence-electron chi connectivity index (χ4n) is 3.74. The Morgan fingerprint density at radius 2 is 1.94 bits per heavy atom. The van der Waals surface area contributed by atoms with Gasteiger partial charge < -0.3 is 14.7 Å². The van der Waals surface area contributed by atoms with Crippen molar-refractivity contribution in [2.45, 2.75) is 32.4 Å². The normalized spacial score (nSPS) is 16.9. The number of carboxylic acids is 1. The lowest BCUT2D eigenvalue weighted by molar-refractivity contribution is -0.138. The largest absolute Gasteiger partial charge is 0.483 e. The number of aliphatic carboxylic acids is 1. The molecule has 2 aromatic carbocycles. The molecule has 1 N–H and O–H groups in total. The monoisotopic (exact) mass is 448 g/mol. The van der Waals surface area contributed by atoms with E-state index in [2.05, 4.69) is 4.90 Å². The van der Waals surface area contributed by atoms with Crippen molar-refractivity contribution >= 4 is 23.5 Å². The van der Waals surface area contributed by atoms with E-state index < -0.39 is 5.97 Å². The molecule has 1 unspecified atom stereocenters. The Morgan fingerprint density at radius 3 is 2.61 bits per heavy atom. The van der Waals surface area contributed by atoms with Gasteiger partial charge in [-0.25, -0.2) is 4.39 Å². The molecule has 1 aliphatic rings. The van der Waals surface area contributed by atoms with Gasteiger partial charge in [0.05, 0.1) is 0 Å². The van der Waals surface area contributed by atoms with E-state index in [4.69, 9.17) is 21.4 Å². The van der Waals surface area contributed by atoms with Gasteiger partial charge in [0.15, 0.2) is 6.61 Å². The smallest absolute Gasteiger partial charge is 0.303 e. The number of rotatable bonds is 8. The Morgan fingerprint density at radius 1 is 1.19 bits per heavy atom. The number of hydrogen-bond donors (Lipinski definition) is 1. The Hall–Kier alpha value is -2.64. The first-order valence-corrected chi connectivity index (χ1v) is 10.6. The summed E-state index contributed by atoms with van der Waals surface area (Å²) in [7, 11) is 0. The van der Waals surface area contributed by atoms with E-state index in [0.717, 1.165) is 12.1 Å². The van der Waals surface area contributed by atoms with Crippen molar-refractivity contribution in [3.8, 4) is 5.75 Å². The summed E-state index contributed by atoms with van der Waals surface area (Å²) in [6, 6.07) is 11.5. The zero-order valence-electron chi connectivity index (χ0n) is 17.4. The molecule has 8 heteroatoms. The van der Waals surface area contributed by atoms with E-state index in [1.807, 2.05) is 6.92 Å². The standard InChI is InChI=1S/C23H26ClFN2O4/c1-16-13-26(14-17-2-6-20(25)7-3-17)10-11-27(16)22(28)15-31-21-8-5-19(24)12-18(21)4-9-23(29)30/h2-3,5-8,12,16H,4,9-11,13-15H2,1H3,(H,29,30). The molecule has 1 amide bonds. The number of carboxylic acid groups (broad SMARTS) is 1. The zero-order valence-corrected chi connectivity index (χ0v) is 18.1. The number of carbonyl (C=O) groups excluding carboxylic acids is 1. The molecular formula is C23H26ClFN2O4. The van der Waals surface area contributed by atoms with E-state index in [1.165, 1.54) is 12.1 Å². The summed E-state index contributed by atoms with van der Waals surface area (Å²) >= 11 is 6.01. The Kier molecular flexibility index (Phi) is 7.87. The van der Waals surface area contributed by atoms with Gasteiger partial charge in [0.25, 0.3) is 5.91 Å². The Bertz CT molecular complexity index is 922. The summed E-state index contributed by atoms with van der Waals surface area (Å²) in [5.41, 5.74) is 1.70. The number of aryl methyl sites for hydroxylation is 1. The quantitative estimate of drug-likeness (QED) is 0.668. The van der Waals surface area contributed by atoms with Crippen LogP contribution < -0.4 is 4.74 Å². The summed E-state index contributed by atoms with van der Waals surface area (Å²) in [5.74, 6) is -0.802. The summed E-state index contributed by atoms with van der Waals surface area (Å²) < 4.78 is 18.8. The molecule has 0 aromatic heterocycles. The lowest BCUT2D eigenvalue weighted by atomic mass is 10.1. The van der Waals surface area contributed by atoms with Gasteiger partial charge in [-0.15, -0.1) is 0 Å². The number of nitrogens with zero attached hydrogens (tertiary/aromatic N) is 2. The maximum atomic E-state index is 13.1. The maximum Gasteiger partial charge on any atom is 0.303 e. The second-order valence-corrected chi connectivity index (χ2v) is 8.17. The molecule has 1 fully saturated rings. The molecule has 0 bridgehead atoms. The third-order valence-electron chi connectivity index (χ3n) is 5.33. The summed E-state index contributed by atoms with van der Waals surface area (Å²) in [6.45, 7) is 4.60. The van der Waals surface area contributed by atoms with Gasteiger partial charge >= 0.3 is 5.97 Å². The van der Waals surface area contributed by atoms with E-state index in [9.17, 15) is 14.0 Å². The molecule has 0 radical (unpaired) electrons. The fourth-order valence-corrected chi connectivity index (χ4v) is 3.94. The minimum absolute atomic E-state index is 0.0157. The highest BCUT2D eigenvalue weighted by atomic mass is 35.5. The number of carbonyl (C=O) groups is 2. The van der Waals surface area contributed by atoms with E-state index in [0.29, 0.717) is 36.0 Å². The van der Waals surface area contributed by atoms with E-state index in [-0.39, 0.29) is 37.2 Å². The van der Waals surface area contributed by atoms with Crippen LogP contribution in [0.1, 0.15) is 24.5 Å². The summed E-state index contributed by atoms with van der Waals surface area (Å²) in [4.78, 5) is 27.7. The number of benzene rings is 2. The second kappa shape index (κ2) is 10.6. The molecule has 3 rings (SSSR count). The SMILES string of the molecule is CC1CN(Cc2ccc(F)cc2)CCN1C(=O)COc1ccc(Cl)cc1CCC(=O)O. The van der Waals surface area contributed by atoms with Gasteiger partial charge in [0.1, 0.15) is 11.6 Å². The van der Waals surface area contributed by atoms with E-state index in [1.54, 1.807) is 35.2 Å². The molecule has 1 atom stereocenters. The van der Waals surface area contributed by atoms with Crippen molar-refractivity contribution in [1.29, 1.82) is 0 Å². The second-order valence-electron chi connectivity index (χ2n) is 7.73. The molecule has 166 valence electrons.